The maximum Gasteiger partial charge on any atom is 0.227 e. The van der Waals surface area contributed by atoms with E-state index in [1.165, 1.54) is 0 Å². The first kappa shape index (κ1) is 35.6. The van der Waals surface area contributed by atoms with Crippen LogP contribution in [0.5, 0.6) is 11.5 Å². The highest BCUT2D eigenvalue weighted by molar-refractivity contribution is 7.21. The summed E-state index contributed by atoms with van der Waals surface area (Å²) in [5, 5.41) is 25.1. The second-order valence-corrected chi connectivity index (χ2v) is 18.1. The first-order valence-electron chi connectivity index (χ1n) is 19.2. The smallest absolute Gasteiger partial charge is 0.227 e. The summed E-state index contributed by atoms with van der Waals surface area (Å²) in [6.45, 7) is 7.56. The van der Waals surface area contributed by atoms with Crippen LogP contribution in [0.3, 0.4) is 0 Å². The number of allylic oxidation sites excluding steroid dienone is 4. The largest absolute Gasteiger partial charge is 0.493 e. The van der Waals surface area contributed by atoms with E-state index in [0.717, 1.165) is 64.6 Å². The van der Waals surface area contributed by atoms with Crippen molar-refractivity contribution in [3.63, 3.8) is 0 Å². The van der Waals surface area contributed by atoms with Gasteiger partial charge in [0.05, 0.1) is 37.2 Å². The van der Waals surface area contributed by atoms with E-state index in [1.807, 2.05) is 41.3 Å². The van der Waals surface area contributed by atoms with Crippen molar-refractivity contribution in [1.82, 2.24) is 4.90 Å². The molecule has 0 aliphatic heterocycles. The summed E-state index contributed by atoms with van der Waals surface area (Å²) in [6, 6.07) is 15.8. The summed E-state index contributed by atoms with van der Waals surface area (Å²) in [6.07, 6.45) is 13.0. The van der Waals surface area contributed by atoms with Gasteiger partial charge >= 0.3 is 0 Å². The molecule has 8 atom stereocenters. The lowest BCUT2D eigenvalue weighted by atomic mass is 9.32. The molecule has 1 heterocycles. The number of carbonyl (C=O) groups is 2. The van der Waals surface area contributed by atoms with Crippen LogP contribution in [0.1, 0.15) is 87.4 Å². The summed E-state index contributed by atoms with van der Waals surface area (Å²) in [5.41, 5.74) is -0.952. The highest BCUT2D eigenvalue weighted by Crippen LogP contribution is 2.78. The van der Waals surface area contributed by atoms with Gasteiger partial charge in [0.1, 0.15) is 0 Å². The van der Waals surface area contributed by atoms with Gasteiger partial charge in [-0.05, 0) is 104 Å². The van der Waals surface area contributed by atoms with Crippen LogP contribution in [0.25, 0.3) is 10.1 Å². The van der Waals surface area contributed by atoms with Gasteiger partial charge in [-0.15, -0.1) is 11.3 Å². The van der Waals surface area contributed by atoms with Gasteiger partial charge in [0.2, 0.25) is 5.91 Å². The van der Waals surface area contributed by atoms with Crippen LogP contribution in [0, 0.1) is 33.5 Å². The van der Waals surface area contributed by atoms with Crippen molar-refractivity contribution >= 4 is 33.1 Å². The number of hydrogen-bond acceptors (Lipinski definition) is 7. The molecule has 7 nitrogen and oxygen atoms in total. The highest BCUT2D eigenvalue weighted by atomic mass is 32.1. The number of aliphatic hydroxyl groups is 2. The summed E-state index contributed by atoms with van der Waals surface area (Å²) < 4.78 is 12.0. The van der Waals surface area contributed by atoms with Crippen molar-refractivity contribution in [3.05, 3.63) is 82.8 Å². The molecule has 3 aromatic rings. The predicted octanol–water partition coefficient (Wildman–Crippen LogP) is 8.17. The van der Waals surface area contributed by atoms with Gasteiger partial charge in [0.25, 0.3) is 0 Å². The lowest BCUT2D eigenvalue weighted by molar-refractivity contribution is -0.178. The van der Waals surface area contributed by atoms with E-state index in [0.29, 0.717) is 30.9 Å². The molecule has 3 saturated carbocycles. The van der Waals surface area contributed by atoms with Gasteiger partial charge in [-0.3, -0.25) is 9.59 Å². The Morgan fingerprint density at radius 3 is 2.40 bits per heavy atom. The number of methoxy groups -OCH3 is 2. The molecule has 2 aromatic carbocycles. The Kier molecular flexibility index (Phi) is 8.59. The molecule has 8 heteroatoms. The molecule has 0 saturated heterocycles. The van der Waals surface area contributed by atoms with Gasteiger partial charge in [0.15, 0.2) is 17.3 Å². The zero-order valence-corrected chi connectivity index (χ0v) is 32.1. The van der Waals surface area contributed by atoms with Crippen molar-refractivity contribution in [3.8, 4) is 11.5 Å². The number of amides is 1. The number of nitrogens with zero attached hydrogens (tertiary/aromatic N) is 1. The zero-order valence-electron chi connectivity index (χ0n) is 31.2. The molecular weight excluding hydrogens is 671 g/mol. The summed E-state index contributed by atoms with van der Waals surface area (Å²) >= 11 is 1.56. The number of ether oxygens (including phenoxy) is 2. The number of benzene rings is 2. The number of carbonyl (C=O) groups excluding carboxylic acids is 2. The number of ketones is 1. The second-order valence-electron chi connectivity index (χ2n) is 17.0. The SMILES string of the molecule is CCCN(CC1(O)CCC2C34C=CC5(C=C3C(=O)c3cc6ccccc6s3)CC(O)CCC5(C)C4CCC21C)C(=O)Cc1ccc(OC)c(OC)c1. The molecule has 6 aliphatic rings. The quantitative estimate of drug-likeness (QED) is 0.162. The van der Waals surface area contributed by atoms with Gasteiger partial charge in [0, 0.05) is 39.6 Å². The van der Waals surface area contributed by atoms with Crippen LogP contribution in [0.2, 0.25) is 0 Å². The van der Waals surface area contributed by atoms with Crippen molar-refractivity contribution in [2.45, 2.75) is 90.3 Å². The number of fused-ring (bicyclic) bond motifs is 2. The fourth-order valence-electron chi connectivity index (χ4n) is 12.0. The van der Waals surface area contributed by atoms with Crippen LogP contribution in [-0.2, 0) is 11.2 Å². The van der Waals surface area contributed by atoms with Crippen molar-refractivity contribution in [2.24, 2.45) is 33.5 Å². The van der Waals surface area contributed by atoms with E-state index in [9.17, 15) is 15.0 Å². The fourth-order valence-corrected chi connectivity index (χ4v) is 13.0. The van der Waals surface area contributed by atoms with Crippen LogP contribution >= 0.6 is 11.3 Å². The molecule has 1 aromatic heterocycles. The minimum Gasteiger partial charge on any atom is -0.493 e. The molecular formula is C44H53NO6S. The van der Waals surface area contributed by atoms with Crippen LogP contribution < -0.4 is 9.47 Å². The van der Waals surface area contributed by atoms with E-state index < -0.39 is 22.5 Å². The first-order chi connectivity index (χ1) is 24.9. The monoisotopic (exact) mass is 723 g/mol. The van der Waals surface area contributed by atoms with E-state index in [-0.39, 0.29) is 47.3 Å². The third kappa shape index (κ3) is 4.96. The zero-order chi connectivity index (χ0) is 36.7. The third-order valence-electron chi connectivity index (χ3n) is 14.7. The van der Waals surface area contributed by atoms with Crippen LogP contribution in [0.15, 0.2) is 72.3 Å². The predicted molar refractivity (Wildman–Crippen MR) is 205 cm³/mol. The minimum absolute atomic E-state index is 0.0183. The molecule has 2 bridgehead atoms. The van der Waals surface area contributed by atoms with Crippen LogP contribution in [-0.4, -0.2) is 65.8 Å². The number of Topliss-reactive ketones (excluding diaryl/α,β-unsaturated/α-hetero) is 1. The van der Waals surface area contributed by atoms with Gasteiger partial charge < -0.3 is 24.6 Å². The summed E-state index contributed by atoms with van der Waals surface area (Å²) in [7, 11) is 3.19. The Bertz CT molecular complexity index is 1950. The number of aliphatic hydroxyl groups excluding tert-OH is 1. The van der Waals surface area contributed by atoms with Crippen LogP contribution in [0.4, 0.5) is 0 Å². The lowest BCUT2D eigenvalue weighted by Gasteiger charge is -2.71. The Morgan fingerprint density at radius 1 is 0.923 bits per heavy atom. The fraction of sp³-hybridized carbons (Fsp3) is 0.545. The van der Waals surface area contributed by atoms with E-state index in [2.05, 4.69) is 51.1 Å². The Labute approximate surface area is 311 Å². The molecule has 2 N–H and O–H groups in total. The molecule has 276 valence electrons. The number of rotatable bonds is 10. The molecule has 9 rings (SSSR count). The minimum atomic E-state index is -1.12. The van der Waals surface area contributed by atoms with E-state index in [4.69, 9.17) is 9.47 Å². The van der Waals surface area contributed by atoms with Crippen molar-refractivity contribution in [2.75, 3.05) is 27.3 Å². The maximum atomic E-state index is 15.0. The molecule has 8 unspecified atom stereocenters. The maximum absolute atomic E-state index is 15.0. The summed E-state index contributed by atoms with van der Waals surface area (Å²) in [5.74, 6) is 1.52. The Hall–Kier alpha value is -3.46. The van der Waals surface area contributed by atoms with Crippen molar-refractivity contribution < 1.29 is 29.3 Å². The summed E-state index contributed by atoms with van der Waals surface area (Å²) in [4.78, 5) is 31.7. The second kappa shape index (κ2) is 12.6. The molecule has 3 fully saturated rings. The van der Waals surface area contributed by atoms with Gasteiger partial charge in [-0.25, -0.2) is 0 Å². The highest BCUT2D eigenvalue weighted by Gasteiger charge is 2.74. The number of thiophene rings is 1. The van der Waals surface area contributed by atoms with Gasteiger partial charge in [-0.2, -0.15) is 0 Å². The molecule has 6 aliphatic carbocycles. The first-order valence-corrected chi connectivity index (χ1v) is 20.0. The number of hydrogen-bond donors (Lipinski definition) is 2. The molecule has 1 amide bonds. The Morgan fingerprint density at radius 2 is 1.65 bits per heavy atom. The molecule has 0 radical (unpaired) electrons. The average Bonchev–Trinajstić information content (AvgIpc) is 3.69. The average molecular weight is 724 g/mol. The molecule has 2 spiro atoms. The topological polar surface area (TPSA) is 96.3 Å². The third-order valence-corrected chi connectivity index (χ3v) is 15.8. The van der Waals surface area contributed by atoms with E-state index >= 15 is 4.79 Å². The standard InChI is InChI=1S/C44H53NO6S/c1-6-21-45(38(47)23-28-11-12-32(50-4)33(22-28)51-5)27-43(49)18-15-37-41(43,3)17-14-36-40(2)16-13-30(46)25-42(40)19-20-44(36,37)31(26-42)39(48)35-24-29-9-7-8-10-34(29)52-35/h7-12,19-20,22,24,26,30,36-37,46,49H,6,13-18,21,23,25,27H2,1-5H3. The van der Waals surface area contributed by atoms with E-state index in [1.54, 1.807) is 25.6 Å². The lowest BCUT2D eigenvalue weighted by Crippen LogP contribution is -2.67. The Balaban J connectivity index is 1.16. The normalized spacial score (nSPS) is 35.8. The van der Waals surface area contributed by atoms with Crippen molar-refractivity contribution in [1.29, 1.82) is 0 Å². The molecule has 52 heavy (non-hydrogen) atoms. The van der Waals surface area contributed by atoms with Gasteiger partial charge in [-0.1, -0.05) is 63.3 Å².